The van der Waals surface area contributed by atoms with E-state index in [0.29, 0.717) is 32.8 Å². The molecule has 29 heavy (non-hydrogen) atoms. The van der Waals surface area contributed by atoms with Gasteiger partial charge in [-0.25, -0.2) is 0 Å². The Morgan fingerprint density at radius 1 is 1.03 bits per heavy atom. The second kappa shape index (κ2) is 10.9. The molecule has 1 unspecified atom stereocenters. The molecule has 2 aromatic carbocycles. The zero-order valence-corrected chi connectivity index (χ0v) is 18.9. The van der Waals surface area contributed by atoms with Crippen molar-refractivity contribution in [3.63, 3.8) is 0 Å². The second-order valence-corrected chi connectivity index (χ2v) is 7.85. The number of carbonyl (C=O) groups is 2. The van der Waals surface area contributed by atoms with Crippen molar-refractivity contribution < 1.29 is 14.3 Å². The summed E-state index contributed by atoms with van der Waals surface area (Å²) >= 11 is 24.2. The van der Waals surface area contributed by atoms with Crippen LogP contribution in [0.1, 0.15) is 18.9 Å². The first-order valence-electron chi connectivity index (χ1n) is 8.79. The molecule has 0 heterocycles. The minimum Gasteiger partial charge on any atom is -0.482 e. The number of hydrogen-bond acceptors (Lipinski definition) is 3. The van der Waals surface area contributed by atoms with E-state index in [4.69, 9.17) is 51.1 Å². The second-order valence-electron chi connectivity index (χ2n) is 6.16. The number of nitrogens with zero attached hydrogens (tertiary/aromatic N) is 1. The highest BCUT2D eigenvalue weighted by Crippen LogP contribution is 2.28. The number of hydrogen-bond donors (Lipinski definition) is 1. The summed E-state index contributed by atoms with van der Waals surface area (Å²) in [6.07, 6.45) is 0.415. The summed E-state index contributed by atoms with van der Waals surface area (Å²) in [5.41, 5.74) is 0.663. The smallest absolute Gasteiger partial charge is 0.261 e. The van der Waals surface area contributed by atoms with Gasteiger partial charge in [0.1, 0.15) is 11.8 Å². The molecule has 2 rings (SSSR count). The summed E-state index contributed by atoms with van der Waals surface area (Å²) in [4.78, 5) is 26.8. The van der Waals surface area contributed by atoms with Gasteiger partial charge >= 0.3 is 0 Å². The highest BCUT2D eigenvalue weighted by Gasteiger charge is 2.29. The predicted molar refractivity (Wildman–Crippen MR) is 117 cm³/mol. The van der Waals surface area contributed by atoms with Gasteiger partial charge in [-0.3, -0.25) is 9.59 Å². The first-order chi connectivity index (χ1) is 13.8. The quantitative estimate of drug-likeness (QED) is 0.566. The molecule has 5 nitrogen and oxygen atoms in total. The Morgan fingerprint density at radius 3 is 2.21 bits per heavy atom. The SMILES string of the molecule is CCC(C(=O)NC)N(Cc1ccc(Cl)cc1Cl)C(=O)COc1ccc(Cl)cc1Cl. The lowest BCUT2D eigenvalue weighted by Crippen LogP contribution is -2.49. The number of ether oxygens (including phenoxy) is 1. The zero-order valence-electron chi connectivity index (χ0n) is 15.8. The Balaban J connectivity index is 2.25. The number of benzene rings is 2. The van der Waals surface area contributed by atoms with Crippen molar-refractivity contribution in [2.45, 2.75) is 25.9 Å². The third-order valence-electron chi connectivity index (χ3n) is 4.23. The van der Waals surface area contributed by atoms with Crippen LogP contribution in [0, 0.1) is 0 Å². The average Bonchev–Trinajstić information content (AvgIpc) is 2.68. The van der Waals surface area contributed by atoms with Crippen LogP contribution in [0.15, 0.2) is 36.4 Å². The van der Waals surface area contributed by atoms with E-state index >= 15 is 0 Å². The van der Waals surface area contributed by atoms with Crippen molar-refractivity contribution in [2.75, 3.05) is 13.7 Å². The van der Waals surface area contributed by atoms with E-state index in [2.05, 4.69) is 5.32 Å². The maximum atomic E-state index is 13.0. The Kier molecular flexibility index (Phi) is 8.90. The molecule has 1 N–H and O–H groups in total. The van der Waals surface area contributed by atoms with Crippen molar-refractivity contribution in [3.8, 4) is 5.75 Å². The molecule has 0 aromatic heterocycles. The summed E-state index contributed by atoms with van der Waals surface area (Å²) in [5, 5.41) is 4.22. The molecule has 0 bridgehead atoms. The monoisotopic (exact) mass is 476 g/mol. The molecule has 2 aromatic rings. The van der Waals surface area contributed by atoms with Crippen molar-refractivity contribution in [3.05, 3.63) is 62.1 Å². The lowest BCUT2D eigenvalue weighted by atomic mass is 10.1. The Morgan fingerprint density at radius 2 is 1.66 bits per heavy atom. The maximum absolute atomic E-state index is 13.0. The standard InChI is InChI=1S/C20H20Cl4N2O3/c1-3-17(20(28)25-2)26(10-12-4-5-13(21)8-15(12)23)19(27)11-29-18-7-6-14(22)9-16(18)24/h4-9,17H,3,10-11H2,1-2H3,(H,25,28). The highest BCUT2D eigenvalue weighted by molar-refractivity contribution is 6.35. The molecule has 9 heteroatoms. The molecule has 2 amide bonds. The van der Waals surface area contributed by atoms with Crippen molar-refractivity contribution in [1.82, 2.24) is 10.2 Å². The minimum absolute atomic E-state index is 0.123. The van der Waals surface area contributed by atoms with Gasteiger partial charge in [0.2, 0.25) is 5.91 Å². The topological polar surface area (TPSA) is 58.6 Å². The van der Waals surface area contributed by atoms with Crippen LogP contribution >= 0.6 is 46.4 Å². The summed E-state index contributed by atoms with van der Waals surface area (Å²) < 4.78 is 5.56. The molecule has 0 aliphatic rings. The van der Waals surface area contributed by atoms with Crippen molar-refractivity contribution in [2.24, 2.45) is 0 Å². The van der Waals surface area contributed by atoms with Gasteiger partial charge in [-0.1, -0.05) is 59.4 Å². The van der Waals surface area contributed by atoms with Crippen LogP contribution in [-0.2, 0) is 16.1 Å². The molecule has 0 radical (unpaired) electrons. The van der Waals surface area contributed by atoms with Crippen LogP contribution in [0.2, 0.25) is 20.1 Å². The van der Waals surface area contributed by atoms with Crippen LogP contribution in [0.4, 0.5) is 0 Å². The summed E-state index contributed by atoms with van der Waals surface area (Å²) in [5.74, 6) is -0.352. The third kappa shape index (κ3) is 6.41. The molecule has 1 atom stereocenters. The van der Waals surface area contributed by atoms with Crippen LogP contribution in [-0.4, -0.2) is 36.4 Å². The van der Waals surface area contributed by atoms with Gasteiger partial charge < -0.3 is 15.0 Å². The predicted octanol–water partition coefficient (Wildman–Crippen LogP) is 5.23. The van der Waals surface area contributed by atoms with E-state index < -0.39 is 11.9 Å². The van der Waals surface area contributed by atoms with E-state index in [0.717, 1.165) is 0 Å². The first kappa shape index (κ1) is 23.6. The maximum Gasteiger partial charge on any atom is 0.261 e. The average molecular weight is 478 g/mol. The number of nitrogens with one attached hydrogen (secondary N) is 1. The normalized spacial score (nSPS) is 11.7. The number of rotatable bonds is 8. The fraction of sp³-hybridized carbons (Fsp3) is 0.300. The summed E-state index contributed by atoms with van der Waals surface area (Å²) in [6.45, 7) is 1.64. The molecule has 0 aliphatic heterocycles. The molecule has 0 saturated heterocycles. The van der Waals surface area contributed by atoms with E-state index in [1.165, 1.54) is 18.0 Å². The highest BCUT2D eigenvalue weighted by atomic mass is 35.5. The van der Waals surface area contributed by atoms with Gasteiger partial charge in [-0.05, 0) is 42.3 Å². The van der Waals surface area contributed by atoms with E-state index in [1.54, 1.807) is 30.3 Å². The number of likely N-dealkylation sites (N-methyl/N-ethyl adjacent to an activating group) is 1. The Bertz CT molecular complexity index is 892. The van der Waals surface area contributed by atoms with Crippen LogP contribution in [0.3, 0.4) is 0 Å². The summed E-state index contributed by atoms with van der Waals surface area (Å²) in [7, 11) is 1.52. The zero-order chi connectivity index (χ0) is 21.6. The van der Waals surface area contributed by atoms with Crippen LogP contribution in [0.25, 0.3) is 0 Å². The van der Waals surface area contributed by atoms with Gasteiger partial charge in [0, 0.05) is 28.7 Å². The lowest BCUT2D eigenvalue weighted by molar-refractivity contribution is -0.142. The van der Waals surface area contributed by atoms with Gasteiger partial charge in [-0.2, -0.15) is 0 Å². The number of halogens is 4. The Labute approximate surface area is 189 Å². The van der Waals surface area contributed by atoms with Gasteiger partial charge in [0.15, 0.2) is 6.61 Å². The fourth-order valence-corrected chi connectivity index (χ4v) is 3.67. The minimum atomic E-state index is -0.691. The largest absolute Gasteiger partial charge is 0.482 e. The number of amides is 2. The van der Waals surface area contributed by atoms with E-state index in [-0.39, 0.29) is 24.1 Å². The molecular weight excluding hydrogens is 458 g/mol. The lowest BCUT2D eigenvalue weighted by Gasteiger charge is -2.30. The molecule has 0 saturated carbocycles. The van der Waals surface area contributed by atoms with Gasteiger partial charge in [0.25, 0.3) is 5.91 Å². The molecule has 0 spiro atoms. The third-order valence-corrected chi connectivity index (χ3v) is 5.35. The van der Waals surface area contributed by atoms with Crippen molar-refractivity contribution >= 4 is 58.2 Å². The van der Waals surface area contributed by atoms with Gasteiger partial charge in [-0.15, -0.1) is 0 Å². The van der Waals surface area contributed by atoms with E-state index in [1.807, 2.05) is 6.92 Å². The molecular formula is C20H20Cl4N2O3. The Hall–Kier alpha value is -1.66. The van der Waals surface area contributed by atoms with Crippen LogP contribution in [0.5, 0.6) is 5.75 Å². The first-order valence-corrected chi connectivity index (χ1v) is 10.3. The molecule has 0 aliphatic carbocycles. The molecule has 0 fully saturated rings. The van der Waals surface area contributed by atoms with Crippen LogP contribution < -0.4 is 10.1 Å². The summed E-state index contributed by atoms with van der Waals surface area (Å²) in [6, 6.07) is 9.00. The van der Waals surface area contributed by atoms with Gasteiger partial charge in [0.05, 0.1) is 5.02 Å². The number of carbonyl (C=O) groups excluding carboxylic acids is 2. The fourth-order valence-electron chi connectivity index (χ4n) is 2.73. The van der Waals surface area contributed by atoms with Crippen molar-refractivity contribution in [1.29, 1.82) is 0 Å². The van der Waals surface area contributed by atoms with E-state index in [9.17, 15) is 9.59 Å². The molecule has 156 valence electrons.